The Morgan fingerprint density at radius 3 is 3.00 bits per heavy atom. The SMILES string of the molecule is C=C1CCN2C(=O)OC(C)(C)C2C1. The lowest BCUT2D eigenvalue weighted by Crippen LogP contribution is -2.44. The molecule has 0 bridgehead atoms. The van der Waals surface area contributed by atoms with Crippen LogP contribution in [0.2, 0.25) is 0 Å². The van der Waals surface area contributed by atoms with Gasteiger partial charge in [-0.3, -0.25) is 0 Å². The highest BCUT2D eigenvalue weighted by Crippen LogP contribution is 2.36. The summed E-state index contributed by atoms with van der Waals surface area (Å²) in [6, 6.07) is 0.196. The highest BCUT2D eigenvalue weighted by Gasteiger charge is 2.48. The summed E-state index contributed by atoms with van der Waals surface area (Å²) in [6.07, 6.45) is 1.64. The molecular formula is C10H15NO2. The van der Waals surface area contributed by atoms with E-state index in [1.165, 1.54) is 5.57 Å². The number of rotatable bonds is 0. The molecule has 72 valence electrons. The molecule has 2 aliphatic rings. The molecule has 0 aliphatic carbocycles. The van der Waals surface area contributed by atoms with E-state index >= 15 is 0 Å². The largest absolute Gasteiger partial charge is 0.441 e. The summed E-state index contributed by atoms with van der Waals surface area (Å²) in [5.41, 5.74) is 0.883. The molecule has 0 aromatic carbocycles. The summed E-state index contributed by atoms with van der Waals surface area (Å²) in [7, 11) is 0. The molecule has 0 aromatic rings. The Hall–Kier alpha value is -0.990. The fraction of sp³-hybridized carbons (Fsp3) is 0.700. The maximum Gasteiger partial charge on any atom is 0.410 e. The molecule has 2 saturated heterocycles. The third-order valence-corrected chi connectivity index (χ3v) is 2.95. The van der Waals surface area contributed by atoms with Gasteiger partial charge in [-0.05, 0) is 26.7 Å². The van der Waals surface area contributed by atoms with Crippen molar-refractivity contribution in [2.45, 2.75) is 38.3 Å². The fourth-order valence-electron chi connectivity index (χ4n) is 2.11. The number of cyclic esters (lactones) is 1. The number of ether oxygens (including phenoxy) is 1. The first-order valence-electron chi connectivity index (χ1n) is 4.67. The average Bonchev–Trinajstić information content (AvgIpc) is 2.23. The molecule has 0 saturated carbocycles. The van der Waals surface area contributed by atoms with Crippen LogP contribution in [0, 0.1) is 0 Å². The van der Waals surface area contributed by atoms with Crippen molar-refractivity contribution in [1.82, 2.24) is 4.90 Å². The molecule has 3 nitrogen and oxygen atoms in total. The van der Waals surface area contributed by atoms with Crippen LogP contribution < -0.4 is 0 Å². The first-order valence-corrected chi connectivity index (χ1v) is 4.67. The number of piperidine rings is 1. The summed E-state index contributed by atoms with van der Waals surface area (Å²) in [4.78, 5) is 13.2. The van der Waals surface area contributed by atoms with Crippen molar-refractivity contribution in [3.63, 3.8) is 0 Å². The van der Waals surface area contributed by atoms with E-state index in [0.29, 0.717) is 0 Å². The summed E-state index contributed by atoms with van der Waals surface area (Å²) >= 11 is 0. The molecule has 0 radical (unpaired) electrons. The molecule has 13 heavy (non-hydrogen) atoms. The number of hydrogen-bond acceptors (Lipinski definition) is 2. The monoisotopic (exact) mass is 181 g/mol. The molecule has 2 fully saturated rings. The lowest BCUT2D eigenvalue weighted by Gasteiger charge is -2.33. The molecule has 2 heterocycles. The molecule has 0 N–H and O–H groups in total. The van der Waals surface area contributed by atoms with Gasteiger partial charge in [0.05, 0.1) is 6.04 Å². The van der Waals surface area contributed by atoms with Gasteiger partial charge in [-0.1, -0.05) is 12.2 Å². The second kappa shape index (κ2) is 2.50. The van der Waals surface area contributed by atoms with E-state index in [0.717, 1.165) is 19.4 Å². The molecular weight excluding hydrogens is 166 g/mol. The lowest BCUT2D eigenvalue weighted by atomic mass is 9.88. The van der Waals surface area contributed by atoms with Gasteiger partial charge in [0.1, 0.15) is 5.60 Å². The van der Waals surface area contributed by atoms with Crippen molar-refractivity contribution in [2.75, 3.05) is 6.54 Å². The summed E-state index contributed by atoms with van der Waals surface area (Å²) < 4.78 is 5.29. The van der Waals surface area contributed by atoms with Crippen LogP contribution in [0.15, 0.2) is 12.2 Å². The standard InChI is InChI=1S/C10H15NO2/c1-7-4-5-11-8(6-7)10(2,3)13-9(11)12/h8H,1,4-6H2,2-3H3. The second-order valence-corrected chi connectivity index (χ2v) is 4.38. The van der Waals surface area contributed by atoms with E-state index in [2.05, 4.69) is 6.58 Å². The van der Waals surface area contributed by atoms with Crippen LogP contribution in [-0.4, -0.2) is 29.2 Å². The van der Waals surface area contributed by atoms with Crippen LogP contribution in [0.1, 0.15) is 26.7 Å². The topological polar surface area (TPSA) is 29.5 Å². The Morgan fingerprint density at radius 1 is 1.62 bits per heavy atom. The van der Waals surface area contributed by atoms with E-state index in [-0.39, 0.29) is 17.7 Å². The average molecular weight is 181 g/mol. The second-order valence-electron chi connectivity index (χ2n) is 4.38. The Kier molecular flexibility index (Phi) is 1.65. The van der Waals surface area contributed by atoms with E-state index in [4.69, 9.17) is 4.74 Å². The van der Waals surface area contributed by atoms with Gasteiger partial charge >= 0.3 is 6.09 Å². The first kappa shape index (κ1) is 8.60. The van der Waals surface area contributed by atoms with Gasteiger partial charge in [0.25, 0.3) is 0 Å². The molecule has 1 unspecified atom stereocenters. The zero-order valence-corrected chi connectivity index (χ0v) is 8.17. The summed E-state index contributed by atoms with van der Waals surface area (Å²) in [6.45, 7) is 8.67. The first-order chi connectivity index (χ1) is 6.00. The lowest BCUT2D eigenvalue weighted by molar-refractivity contribution is 0.0665. The fourth-order valence-corrected chi connectivity index (χ4v) is 2.11. The van der Waals surface area contributed by atoms with Crippen LogP contribution in [-0.2, 0) is 4.74 Å². The van der Waals surface area contributed by atoms with E-state index < -0.39 is 0 Å². The number of carbonyl (C=O) groups is 1. The Bertz CT molecular complexity index is 270. The molecule has 2 aliphatic heterocycles. The third-order valence-electron chi connectivity index (χ3n) is 2.95. The minimum atomic E-state index is -0.347. The number of carbonyl (C=O) groups excluding carboxylic acids is 1. The van der Waals surface area contributed by atoms with E-state index in [1.807, 2.05) is 18.7 Å². The van der Waals surface area contributed by atoms with Gasteiger partial charge in [-0.2, -0.15) is 0 Å². The molecule has 0 aromatic heterocycles. The minimum Gasteiger partial charge on any atom is -0.441 e. The van der Waals surface area contributed by atoms with E-state index in [9.17, 15) is 4.79 Å². The quantitative estimate of drug-likeness (QED) is 0.534. The number of nitrogens with zero attached hydrogens (tertiary/aromatic N) is 1. The maximum atomic E-state index is 11.4. The van der Waals surface area contributed by atoms with Crippen LogP contribution in [0.3, 0.4) is 0 Å². The highest BCUT2D eigenvalue weighted by molar-refractivity contribution is 5.71. The predicted octanol–water partition coefficient (Wildman–Crippen LogP) is 1.94. The van der Waals surface area contributed by atoms with Gasteiger partial charge in [-0.15, -0.1) is 0 Å². The van der Waals surface area contributed by atoms with Gasteiger partial charge in [0, 0.05) is 6.54 Å². The number of hydrogen-bond donors (Lipinski definition) is 0. The zero-order valence-electron chi connectivity index (χ0n) is 8.17. The van der Waals surface area contributed by atoms with Crippen molar-refractivity contribution in [2.24, 2.45) is 0 Å². The molecule has 1 amide bonds. The highest BCUT2D eigenvalue weighted by atomic mass is 16.6. The summed E-state index contributed by atoms with van der Waals surface area (Å²) in [5, 5.41) is 0. The third kappa shape index (κ3) is 1.23. The van der Waals surface area contributed by atoms with Crippen LogP contribution in [0.25, 0.3) is 0 Å². The number of fused-ring (bicyclic) bond motifs is 1. The molecule has 1 atom stereocenters. The van der Waals surface area contributed by atoms with Crippen LogP contribution in [0.5, 0.6) is 0 Å². The predicted molar refractivity (Wildman–Crippen MR) is 49.4 cm³/mol. The van der Waals surface area contributed by atoms with E-state index in [1.54, 1.807) is 0 Å². The summed E-state index contributed by atoms with van der Waals surface area (Å²) in [5.74, 6) is 0. The van der Waals surface area contributed by atoms with Crippen molar-refractivity contribution >= 4 is 6.09 Å². The zero-order chi connectivity index (χ0) is 9.64. The minimum absolute atomic E-state index is 0.164. The van der Waals surface area contributed by atoms with Crippen molar-refractivity contribution < 1.29 is 9.53 Å². The van der Waals surface area contributed by atoms with Crippen LogP contribution in [0.4, 0.5) is 4.79 Å². The van der Waals surface area contributed by atoms with Crippen molar-refractivity contribution in [3.05, 3.63) is 12.2 Å². The Morgan fingerprint density at radius 2 is 2.31 bits per heavy atom. The molecule has 2 rings (SSSR count). The number of amides is 1. The van der Waals surface area contributed by atoms with Gasteiger partial charge in [0.15, 0.2) is 0 Å². The van der Waals surface area contributed by atoms with Gasteiger partial charge in [0.2, 0.25) is 0 Å². The van der Waals surface area contributed by atoms with Crippen molar-refractivity contribution in [1.29, 1.82) is 0 Å². The molecule has 0 spiro atoms. The Balaban J connectivity index is 2.25. The Labute approximate surface area is 78.4 Å². The van der Waals surface area contributed by atoms with Gasteiger partial charge in [-0.25, -0.2) is 4.79 Å². The smallest absolute Gasteiger partial charge is 0.410 e. The van der Waals surface area contributed by atoms with Crippen LogP contribution >= 0.6 is 0 Å². The molecule has 3 heteroatoms. The normalized spacial score (nSPS) is 31.5. The van der Waals surface area contributed by atoms with Gasteiger partial charge < -0.3 is 9.64 Å². The van der Waals surface area contributed by atoms with Crippen molar-refractivity contribution in [3.8, 4) is 0 Å². The maximum absolute atomic E-state index is 11.4.